The lowest BCUT2D eigenvalue weighted by Crippen LogP contribution is -2.30. The Balaban J connectivity index is 2.05. The van der Waals surface area contributed by atoms with Gasteiger partial charge in [0.25, 0.3) is 0 Å². The van der Waals surface area contributed by atoms with Crippen LogP contribution >= 0.6 is 12.6 Å². The summed E-state index contributed by atoms with van der Waals surface area (Å²) in [6.45, 7) is 0. The number of carboxylic acid groups (broad SMARTS) is 1. The largest absolute Gasteiger partial charge is 0.481 e. The van der Waals surface area contributed by atoms with E-state index in [0.29, 0.717) is 5.92 Å². The first-order valence-corrected chi connectivity index (χ1v) is 6.16. The topological polar surface area (TPSA) is 37.3 Å². The standard InChI is InChI=1S/C13H16O2S/c14-13(15)11-7-6-10(8-12(11)16)9-4-2-1-3-5-9/h1-5,10-12,16H,6-8H2,(H,14,15). The Morgan fingerprint density at radius 1 is 1.25 bits per heavy atom. The Morgan fingerprint density at radius 2 is 1.94 bits per heavy atom. The van der Waals surface area contributed by atoms with Gasteiger partial charge in [-0.1, -0.05) is 30.3 Å². The summed E-state index contributed by atoms with van der Waals surface area (Å²) in [6.07, 6.45) is 2.56. The van der Waals surface area contributed by atoms with Crippen molar-refractivity contribution in [3.63, 3.8) is 0 Å². The van der Waals surface area contributed by atoms with Crippen LogP contribution in [-0.2, 0) is 4.79 Å². The predicted molar refractivity (Wildman–Crippen MR) is 66.9 cm³/mol. The minimum absolute atomic E-state index is 0.0172. The van der Waals surface area contributed by atoms with Gasteiger partial charge in [0.05, 0.1) is 5.92 Å². The molecule has 1 fully saturated rings. The van der Waals surface area contributed by atoms with Crippen molar-refractivity contribution in [2.24, 2.45) is 5.92 Å². The van der Waals surface area contributed by atoms with Crippen molar-refractivity contribution < 1.29 is 9.90 Å². The summed E-state index contributed by atoms with van der Waals surface area (Å²) in [4.78, 5) is 11.0. The SMILES string of the molecule is O=C(O)C1CCC(c2ccccc2)CC1S. The van der Waals surface area contributed by atoms with E-state index in [0.717, 1.165) is 19.3 Å². The van der Waals surface area contributed by atoms with Gasteiger partial charge in [-0.25, -0.2) is 0 Å². The van der Waals surface area contributed by atoms with E-state index < -0.39 is 5.97 Å². The Bertz CT molecular complexity index is 363. The van der Waals surface area contributed by atoms with Gasteiger partial charge < -0.3 is 5.11 Å². The molecule has 3 unspecified atom stereocenters. The van der Waals surface area contributed by atoms with Crippen LogP contribution in [-0.4, -0.2) is 16.3 Å². The van der Waals surface area contributed by atoms with Crippen LogP contribution in [0, 0.1) is 5.92 Å². The summed E-state index contributed by atoms with van der Waals surface area (Å²) in [7, 11) is 0. The molecular weight excluding hydrogens is 220 g/mol. The summed E-state index contributed by atoms with van der Waals surface area (Å²) < 4.78 is 0. The van der Waals surface area contributed by atoms with Crippen LogP contribution in [0.4, 0.5) is 0 Å². The first-order chi connectivity index (χ1) is 7.68. The fourth-order valence-electron chi connectivity index (χ4n) is 2.46. The van der Waals surface area contributed by atoms with Crippen LogP contribution in [0.15, 0.2) is 30.3 Å². The van der Waals surface area contributed by atoms with Gasteiger partial charge in [-0.3, -0.25) is 4.79 Å². The van der Waals surface area contributed by atoms with E-state index in [1.807, 2.05) is 18.2 Å². The van der Waals surface area contributed by atoms with Gasteiger partial charge in [0, 0.05) is 5.25 Å². The first-order valence-electron chi connectivity index (χ1n) is 5.64. The zero-order valence-electron chi connectivity index (χ0n) is 9.04. The van der Waals surface area contributed by atoms with E-state index >= 15 is 0 Å². The van der Waals surface area contributed by atoms with Gasteiger partial charge in [0.1, 0.15) is 0 Å². The molecule has 0 spiro atoms. The number of carbonyl (C=O) groups is 1. The van der Waals surface area contributed by atoms with E-state index in [9.17, 15) is 4.79 Å². The molecule has 1 aliphatic rings. The molecular formula is C13H16O2S. The summed E-state index contributed by atoms with van der Waals surface area (Å²) >= 11 is 4.42. The quantitative estimate of drug-likeness (QED) is 0.775. The van der Waals surface area contributed by atoms with Gasteiger partial charge >= 0.3 is 5.97 Å². The molecule has 3 atom stereocenters. The highest BCUT2D eigenvalue weighted by molar-refractivity contribution is 7.81. The van der Waals surface area contributed by atoms with E-state index in [1.165, 1.54) is 5.56 Å². The molecule has 0 aliphatic heterocycles. The molecule has 3 heteroatoms. The second kappa shape index (κ2) is 4.91. The Labute approximate surface area is 101 Å². The number of hydrogen-bond acceptors (Lipinski definition) is 2. The zero-order chi connectivity index (χ0) is 11.5. The molecule has 0 aromatic heterocycles. The van der Waals surface area contributed by atoms with Gasteiger partial charge in [-0.2, -0.15) is 12.6 Å². The van der Waals surface area contributed by atoms with Crippen molar-refractivity contribution in [3.05, 3.63) is 35.9 Å². The average molecular weight is 236 g/mol. The third kappa shape index (κ3) is 2.40. The number of carboxylic acids is 1. The van der Waals surface area contributed by atoms with Gasteiger partial charge in [0.15, 0.2) is 0 Å². The molecule has 0 amide bonds. The molecule has 16 heavy (non-hydrogen) atoms. The third-order valence-corrected chi connectivity index (χ3v) is 3.98. The fraction of sp³-hybridized carbons (Fsp3) is 0.462. The molecule has 86 valence electrons. The van der Waals surface area contributed by atoms with E-state index in [4.69, 9.17) is 5.11 Å². The molecule has 0 saturated heterocycles. The number of hydrogen-bond donors (Lipinski definition) is 2. The maximum atomic E-state index is 11.0. The second-order valence-electron chi connectivity index (χ2n) is 4.43. The molecule has 0 radical (unpaired) electrons. The summed E-state index contributed by atoms with van der Waals surface area (Å²) in [5, 5.41) is 9.00. The normalized spacial score (nSPS) is 29.9. The van der Waals surface area contributed by atoms with E-state index in [2.05, 4.69) is 24.8 Å². The zero-order valence-corrected chi connectivity index (χ0v) is 9.94. The Morgan fingerprint density at radius 3 is 2.50 bits per heavy atom. The van der Waals surface area contributed by atoms with Crippen LogP contribution in [0.25, 0.3) is 0 Å². The lowest BCUT2D eigenvalue weighted by Gasteiger charge is -2.31. The lowest BCUT2D eigenvalue weighted by atomic mass is 9.78. The third-order valence-electron chi connectivity index (χ3n) is 3.40. The summed E-state index contributed by atoms with van der Waals surface area (Å²) in [6, 6.07) is 10.3. The molecule has 1 N–H and O–H groups in total. The molecule has 1 aliphatic carbocycles. The maximum absolute atomic E-state index is 11.0. The smallest absolute Gasteiger partial charge is 0.307 e. The van der Waals surface area contributed by atoms with Crippen molar-refractivity contribution in [1.82, 2.24) is 0 Å². The van der Waals surface area contributed by atoms with Gasteiger partial charge in [0.2, 0.25) is 0 Å². The van der Waals surface area contributed by atoms with Crippen molar-refractivity contribution in [1.29, 1.82) is 0 Å². The van der Waals surface area contributed by atoms with Crippen LogP contribution in [0.5, 0.6) is 0 Å². The number of thiol groups is 1. The van der Waals surface area contributed by atoms with Crippen LogP contribution in [0.1, 0.15) is 30.7 Å². The second-order valence-corrected chi connectivity index (χ2v) is 5.10. The monoisotopic (exact) mass is 236 g/mol. The molecule has 0 heterocycles. The summed E-state index contributed by atoms with van der Waals surface area (Å²) in [5.41, 5.74) is 1.31. The minimum atomic E-state index is -0.702. The number of benzene rings is 1. The highest BCUT2D eigenvalue weighted by atomic mass is 32.1. The molecule has 1 aromatic carbocycles. The summed E-state index contributed by atoms with van der Waals surface area (Å²) in [5.74, 6) is -0.505. The molecule has 2 rings (SSSR count). The molecule has 1 saturated carbocycles. The average Bonchev–Trinajstić information content (AvgIpc) is 2.29. The van der Waals surface area contributed by atoms with Crippen molar-refractivity contribution >= 4 is 18.6 Å². The van der Waals surface area contributed by atoms with Crippen molar-refractivity contribution in [2.45, 2.75) is 30.4 Å². The minimum Gasteiger partial charge on any atom is -0.481 e. The fourth-order valence-corrected chi connectivity index (χ4v) is 2.99. The van der Waals surface area contributed by atoms with Crippen molar-refractivity contribution in [2.75, 3.05) is 0 Å². The predicted octanol–water partition coefficient (Wildman–Crippen LogP) is 2.95. The lowest BCUT2D eigenvalue weighted by molar-refractivity contribution is -0.142. The van der Waals surface area contributed by atoms with E-state index in [1.54, 1.807) is 0 Å². The Hall–Kier alpha value is -0.960. The molecule has 2 nitrogen and oxygen atoms in total. The van der Waals surface area contributed by atoms with Crippen LogP contribution in [0.2, 0.25) is 0 Å². The highest BCUT2D eigenvalue weighted by Crippen LogP contribution is 2.38. The van der Waals surface area contributed by atoms with Crippen LogP contribution < -0.4 is 0 Å². The van der Waals surface area contributed by atoms with Crippen LogP contribution in [0.3, 0.4) is 0 Å². The number of aliphatic carboxylic acids is 1. The maximum Gasteiger partial charge on any atom is 0.307 e. The van der Waals surface area contributed by atoms with Gasteiger partial charge in [-0.15, -0.1) is 0 Å². The number of rotatable bonds is 2. The van der Waals surface area contributed by atoms with Crippen molar-refractivity contribution in [3.8, 4) is 0 Å². The Kier molecular flexibility index (Phi) is 3.54. The van der Waals surface area contributed by atoms with Gasteiger partial charge in [-0.05, 0) is 30.7 Å². The molecule has 1 aromatic rings. The highest BCUT2D eigenvalue weighted by Gasteiger charge is 2.33. The van der Waals surface area contributed by atoms with E-state index in [-0.39, 0.29) is 11.2 Å². The first kappa shape index (κ1) is 11.5. The molecule has 0 bridgehead atoms.